The second-order valence-electron chi connectivity index (χ2n) is 12.8. The van der Waals surface area contributed by atoms with Crippen molar-refractivity contribution < 1.29 is 9.47 Å². The molecule has 2 aliphatic carbocycles. The van der Waals surface area contributed by atoms with Crippen LogP contribution in [0.5, 0.6) is 11.5 Å². The molecular formula is C39H42N2O2. The van der Waals surface area contributed by atoms with Gasteiger partial charge < -0.3 is 9.47 Å². The number of ether oxygens (including phenoxy) is 2. The molecule has 4 heteroatoms. The van der Waals surface area contributed by atoms with E-state index in [1.54, 1.807) is 0 Å². The zero-order chi connectivity index (χ0) is 28.9. The summed E-state index contributed by atoms with van der Waals surface area (Å²) in [5.74, 6) is 1.88. The third kappa shape index (κ3) is 4.49. The predicted molar refractivity (Wildman–Crippen MR) is 174 cm³/mol. The summed E-state index contributed by atoms with van der Waals surface area (Å²) < 4.78 is 13.2. The van der Waals surface area contributed by atoms with Crippen molar-refractivity contribution in [3.63, 3.8) is 0 Å². The Morgan fingerprint density at radius 2 is 1.05 bits per heavy atom. The fourth-order valence-electron chi connectivity index (χ4n) is 8.51. The molecule has 0 unspecified atom stereocenters. The minimum atomic E-state index is 0.189. The molecule has 2 heterocycles. The van der Waals surface area contributed by atoms with Crippen LogP contribution in [0.3, 0.4) is 0 Å². The number of fused-ring (bicyclic) bond motifs is 4. The summed E-state index contributed by atoms with van der Waals surface area (Å²) in [5.41, 5.74) is 14.0. The van der Waals surface area contributed by atoms with E-state index in [0.29, 0.717) is 12.1 Å². The van der Waals surface area contributed by atoms with E-state index >= 15 is 0 Å². The summed E-state index contributed by atoms with van der Waals surface area (Å²) in [5, 5.41) is 0. The average molecular weight is 571 g/mol. The minimum Gasteiger partial charge on any atom is -0.457 e. The van der Waals surface area contributed by atoms with Gasteiger partial charge in [0, 0.05) is 36.3 Å². The van der Waals surface area contributed by atoms with Crippen molar-refractivity contribution >= 4 is 0 Å². The first-order valence-corrected chi connectivity index (χ1v) is 16.5. The SMILES string of the molecule is CCCN1CCc2ccc(OCOc3ccc4c5c3-c3ccccc3C[C@@H]5N(CCC)CC4)c3c2[C@@H]1Cc1ccccc1-3. The first-order valence-electron chi connectivity index (χ1n) is 16.5. The third-order valence-electron chi connectivity index (χ3n) is 10.3. The Kier molecular flexibility index (Phi) is 7.00. The summed E-state index contributed by atoms with van der Waals surface area (Å²) in [6, 6.07) is 27.7. The molecule has 0 aromatic heterocycles. The van der Waals surface area contributed by atoms with Gasteiger partial charge in [-0.25, -0.2) is 0 Å². The molecule has 0 fully saturated rings. The van der Waals surface area contributed by atoms with E-state index in [-0.39, 0.29) is 6.79 Å². The van der Waals surface area contributed by atoms with Gasteiger partial charge in [0.25, 0.3) is 0 Å². The van der Waals surface area contributed by atoms with Gasteiger partial charge in [0.15, 0.2) is 0 Å². The van der Waals surface area contributed by atoms with Gasteiger partial charge in [-0.15, -0.1) is 0 Å². The van der Waals surface area contributed by atoms with Crippen LogP contribution in [0.4, 0.5) is 0 Å². The Balaban J connectivity index is 1.14. The summed E-state index contributed by atoms with van der Waals surface area (Å²) in [6.45, 7) is 9.32. The standard InChI is InChI=1S/C39H42N2O2/c1-3-19-40-21-17-26-13-15-34(38-30-11-7-5-9-28(30)23-32(40)36(26)38)42-25-43-35-16-14-27-18-22-41(20-4-2)33-24-29-10-6-8-12-31(29)39(35)37(27)33/h5-16,32-33H,3-4,17-25H2,1-2H3/t32-,33-/m0/s1. The Morgan fingerprint density at radius 1 is 0.581 bits per heavy atom. The van der Waals surface area contributed by atoms with Gasteiger partial charge >= 0.3 is 0 Å². The van der Waals surface area contributed by atoms with Crippen LogP contribution in [-0.2, 0) is 25.7 Å². The maximum Gasteiger partial charge on any atom is 0.230 e. The van der Waals surface area contributed by atoms with Gasteiger partial charge in [0.1, 0.15) is 11.5 Å². The van der Waals surface area contributed by atoms with E-state index in [1.165, 1.54) is 68.5 Å². The van der Waals surface area contributed by atoms with Crippen LogP contribution in [-0.4, -0.2) is 42.8 Å². The topological polar surface area (TPSA) is 24.9 Å². The lowest BCUT2D eigenvalue weighted by Gasteiger charge is -2.42. The molecule has 4 aromatic carbocycles. The van der Waals surface area contributed by atoms with Gasteiger partial charge in [-0.1, -0.05) is 74.5 Å². The highest BCUT2D eigenvalue weighted by Crippen LogP contribution is 2.51. The molecule has 2 atom stereocenters. The number of rotatable bonds is 8. The molecule has 8 rings (SSSR count). The zero-order valence-corrected chi connectivity index (χ0v) is 25.6. The summed E-state index contributed by atoms with van der Waals surface area (Å²) in [4.78, 5) is 5.38. The fraction of sp³-hybridized carbons (Fsp3) is 0.385. The molecule has 4 aliphatic rings. The molecule has 0 spiro atoms. The van der Waals surface area contributed by atoms with Crippen LogP contribution >= 0.6 is 0 Å². The third-order valence-corrected chi connectivity index (χ3v) is 10.3. The first-order chi connectivity index (χ1) is 21.2. The first kappa shape index (κ1) is 27.0. The molecule has 4 nitrogen and oxygen atoms in total. The predicted octanol–water partition coefficient (Wildman–Crippen LogP) is 8.17. The summed E-state index contributed by atoms with van der Waals surface area (Å²) in [7, 11) is 0. The van der Waals surface area contributed by atoms with E-state index < -0.39 is 0 Å². The molecule has 0 N–H and O–H groups in total. The highest BCUT2D eigenvalue weighted by atomic mass is 16.7. The van der Waals surface area contributed by atoms with E-state index in [4.69, 9.17) is 9.47 Å². The van der Waals surface area contributed by atoms with Crippen molar-refractivity contribution in [2.24, 2.45) is 0 Å². The lowest BCUT2D eigenvalue weighted by atomic mass is 9.76. The molecule has 0 saturated heterocycles. The van der Waals surface area contributed by atoms with Crippen molar-refractivity contribution in [1.29, 1.82) is 0 Å². The highest BCUT2D eigenvalue weighted by molar-refractivity contribution is 5.82. The monoisotopic (exact) mass is 570 g/mol. The van der Waals surface area contributed by atoms with Gasteiger partial charge in [-0.05, 0) is 108 Å². The van der Waals surface area contributed by atoms with Gasteiger partial charge in [-0.2, -0.15) is 0 Å². The molecule has 4 aromatic rings. The molecule has 0 amide bonds. The Labute approximate surface area is 256 Å². The van der Waals surface area contributed by atoms with E-state index in [0.717, 1.165) is 63.4 Å². The second kappa shape index (κ2) is 11.2. The van der Waals surface area contributed by atoms with E-state index in [9.17, 15) is 0 Å². The maximum atomic E-state index is 6.62. The van der Waals surface area contributed by atoms with Crippen molar-refractivity contribution in [1.82, 2.24) is 9.80 Å². The van der Waals surface area contributed by atoms with Gasteiger partial charge in [0.2, 0.25) is 6.79 Å². The average Bonchev–Trinajstić information content (AvgIpc) is 3.04. The highest BCUT2D eigenvalue weighted by Gasteiger charge is 2.37. The van der Waals surface area contributed by atoms with Crippen molar-refractivity contribution in [2.45, 2.75) is 64.5 Å². The van der Waals surface area contributed by atoms with Crippen LogP contribution in [0.25, 0.3) is 22.3 Å². The van der Waals surface area contributed by atoms with Gasteiger partial charge in [-0.3, -0.25) is 9.80 Å². The van der Waals surface area contributed by atoms with Crippen molar-refractivity contribution in [3.8, 4) is 33.8 Å². The molecule has 43 heavy (non-hydrogen) atoms. The smallest absolute Gasteiger partial charge is 0.230 e. The molecule has 0 bridgehead atoms. The van der Waals surface area contributed by atoms with E-state index in [2.05, 4.69) is 96.4 Å². The quantitative estimate of drug-likeness (QED) is 0.200. The molecule has 220 valence electrons. The maximum absolute atomic E-state index is 6.62. The number of hydrogen-bond acceptors (Lipinski definition) is 4. The van der Waals surface area contributed by atoms with Crippen molar-refractivity contribution in [3.05, 3.63) is 106 Å². The van der Waals surface area contributed by atoms with Crippen LogP contribution in [0.1, 0.15) is 72.2 Å². The number of nitrogens with zero attached hydrogens (tertiary/aromatic N) is 2. The zero-order valence-electron chi connectivity index (χ0n) is 25.6. The largest absolute Gasteiger partial charge is 0.457 e. The Bertz CT molecular complexity index is 1550. The summed E-state index contributed by atoms with van der Waals surface area (Å²) in [6.07, 6.45) is 6.71. The Morgan fingerprint density at radius 3 is 1.51 bits per heavy atom. The van der Waals surface area contributed by atoms with Crippen molar-refractivity contribution in [2.75, 3.05) is 33.0 Å². The van der Waals surface area contributed by atoms with E-state index in [1.807, 2.05) is 0 Å². The molecular weight excluding hydrogens is 528 g/mol. The molecule has 0 radical (unpaired) electrons. The Hall–Kier alpha value is -3.60. The van der Waals surface area contributed by atoms with Gasteiger partial charge in [0.05, 0.1) is 0 Å². The summed E-state index contributed by atoms with van der Waals surface area (Å²) >= 11 is 0. The number of hydrogen-bond donors (Lipinski definition) is 0. The van der Waals surface area contributed by atoms with Crippen LogP contribution in [0.15, 0.2) is 72.8 Å². The lowest BCUT2D eigenvalue weighted by molar-refractivity contribution is 0.119. The van der Waals surface area contributed by atoms with Crippen LogP contribution in [0, 0.1) is 0 Å². The molecule has 2 aliphatic heterocycles. The molecule has 0 saturated carbocycles. The number of benzene rings is 4. The normalized spacial score (nSPS) is 20.0. The van der Waals surface area contributed by atoms with Crippen LogP contribution in [0.2, 0.25) is 0 Å². The minimum absolute atomic E-state index is 0.189. The fourth-order valence-corrected chi connectivity index (χ4v) is 8.51. The lowest BCUT2D eigenvalue weighted by Crippen LogP contribution is -2.39. The second-order valence-corrected chi connectivity index (χ2v) is 12.8. The van der Waals surface area contributed by atoms with Crippen LogP contribution < -0.4 is 9.47 Å².